The second-order valence-electron chi connectivity index (χ2n) is 5.18. The minimum absolute atomic E-state index is 0.127. The molecule has 0 atom stereocenters. The van der Waals surface area contributed by atoms with Gasteiger partial charge in [-0.25, -0.2) is 0 Å². The van der Waals surface area contributed by atoms with Crippen molar-refractivity contribution in [1.29, 1.82) is 0 Å². The zero-order chi connectivity index (χ0) is 17.1. The van der Waals surface area contributed by atoms with Crippen LogP contribution >= 0.6 is 11.3 Å². The SMILES string of the molecule is CCc1ccc(O)c(-c2cc(C(=O)Nc3nnc(CC)s3)[nH]n2)c1. The second-order valence-corrected chi connectivity index (χ2v) is 6.24. The molecule has 0 aliphatic rings. The first-order valence-electron chi connectivity index (χ1n) is 7.62. The van der Waals surface area contributed by atoms with Crippen molar-refractivity contribution in [3.05, 3.63) is 40.5 Å². The van der Waals surface area contributed by atoms with E-state index in [1.807, 2.05) is 26.0 Å². The summed E-state index contributed by atoms with van der Waals surface area (Å²) in [7, 11) is 0. The highest BCUT2D eigenvalue weighted by Crippen LogP contribution is 2.29. The molecule has 3 rings (SSSR count). The molecule has 1 aromatic carbocycles. The third kappa shape index (κ3) is 3.28. The Morgan fingerprint density at radius 2 is 2.08 bits per heavy atom. The number of aromatic nitrogens is 4. The Labute approximate surface area is 142 Å². The zero-order valence-electron chi connectivity index (χ0n) is 13.3. The molecule has 0 saturated heterocycles. The van der Waals surface area contributed by atoms with Gasteiger partial charge in [0.05, 0.1) is 5.69 Å². The molecular formula is C16H17N5O2S. The molecule has 2 aromatic heterocycles. The molecule has 3 N–H and O–H groups in total. The number of carbonyl (C=O) groups is 1. The minimum atomic E-state index is -0.348. The molecule has 0 radical (unpaired) electrons. The summed E-state index contributed by atoms with van der Waals surface area (Å²) >= 11 is 1.34. The predicted octanol–water partition coefficient (Wildman–Crippen LogP) is 3.01. The van der Waals surface area contributed by atoms with Crippen LogP contribution in [-0.4, -0.2) is 31.4 Å². The van der Waals surface area contributed by atoms with Crippen molar-refractivity contribution in [2.75, 3.05) is 5.32 Å². The first kappa shape index (κ1) is 16.1. The van der Waals surface area contributed by atoms with E-state index < -0.39 is 0 Å². The fourth-order valence-corrected chi connectivity index (χ4v) is 2.87. The summed E-state index contributed by atoms with van der Waals surface area (Å²) in [5, 5.41) is 28.7. The van der Waals surface area contributed by atoms with Crippen LogP contribution < -0.4 is 5.32 Å². The third-order valence-electron chi connectivity index (χ3n) is 3.56. The van der Waals surface area contributed by atoms with Gasteiger partial charge in [0.25, 0.3) is 5.91 Å². The van der Waals surface area contributed by atoms with Crippen molar-refractivity contribution in [1.82, 2.24) is 20.4 Å². The van der Waals surface area contributed by atoms with Gasteiger partial charge in [-0.05, 0) is 36.6 Å². The van der Waals surface area contributed by atoms with Crippen LogP contribution in [0.2, 0.25) is 0 Å². The Morgan fingerprint density at radius 1 is 1.25 bits per heavy atom. The topological polar surface area (TPSA) is 104 Å². The van der Waals surface area contributed by atoms with Gasteiger partial charge in [-0.3, -0.25) is 15.2 Å². The average molecular weight is 343 g/mol. The first-order chi connectivity index (χ1) is 11.6. The Bertz CT molecular complexity index is 871. The Balaban J connectivity index is 1.81. The van der Waals surface area contributed by atoms with Crippen molar-refractivity contribution in [2.24, 2.45) is 0 Å². The number of H-pyrrole nitrogens is 1. The maximum atomic E-state index is 12.3. The number of hydrogen-bond acceptors (Lipinski definition) is 6. The van der Waals surface area contributed by atoms with Gasteiger partial charge in [-0.1, -0.05) is 31.3 Å². The maximum absolute atomic E-state index is 12.3. The lowest BCUT2D eigenvalue weighted by molar-refractivity contribution is 0.102. The Hall–Kier alpha value is -2.74. The monoisotopic (exact) mass is 343 g/mol. The smallest absolute Gasteiger partial charge is 0.275 e. The number of amides is 1. The number of nitrogens with zero attached hydrogens (tertiary/aromatic N) is 3. The van der Waals surface area contributed by atoms with E-state index in [0.717, 1.165) is 23.4 Å². The van der Waals surface area contributed by atoms with Gasteiger partial charge in [-0.2, -0.15) is 5.10 Å². The third-order valence-corrected chi connectivity index (χ3v) is 4.54. The lowest BCUT2D eigenvalue weighted by Gasteiger charge is -2.03. The van der Waals surface area contributed by atoms with Crippen molar-refractivity contribution in [2.45, 2.75) is 26.7 Å². The van der Waals surface area contributed by atoms with Crippen molar-refractivity contribution < 1.29 is 9.90 Å². The molecule has 0 spiro atoms. The van der Waals surface area contributed by atoms with Crippen molar-refractivity contribution >= 4 is 22.4 Å². The van der Waals surface area contributed by atoms with Crippen LogP contribution in [0, 0.1) is 0 Å². The fourth-order valence-electron chi connectivity index (χ4n) is 2.20. The normalized spacial score (nSPS) is 10.8. The maximum Gasteiger partial charge on any atom is 0.275 e. The fraction of sp³-hybridized carbons (Fsp3) is 0.250. The number of phenols is 1. The quantitative estimate of drug-likeness (QED) is 0.660. The summed E-state index contributed by atoms with van der Waals surface area (Å²) in [5.41, 5.74) is 2.48. The molecule has 124 valence electrons. The lowest BCUT2D eigenvalue weighted by atomic mass is 10.1. The number of aromatic hydroxyl groups is 1. The summed E-state index contributed by atoms with van der Waals surface area (Å²) in [6.07, 6.45) is 1.62. The molecule has 8 heteroatoms. The van der Waals surface area contributed by atoms with E-state index in [0.29, 0.717) is 22.1 Å². The molecule has 0 bridgehead atoms. The number of benzene rings is 1. The second kappa shape index (κ2) is 6.79. The molecule has 7 nitrogen and oxygen atoms in total. The van der Waals surface area contributed by atoms with Crippen LogP contribution in [0.3, 0.4) is 0 Å². The van der Waals surface area contributed by atoms with Crippen LogP contribution in [0.25, 0.3) is 11.3 Å². The average Bonchev–Trinajstić information content (AvgIpc) is 3.24. The van der Waals surface area contributed by atoms with Gasteiger partial charge < -0.3 is 5.11 Å². The summed E-state index contributed by atoms with van der Waals surface area (Å²) in [4.78, 5) is 12.3. The number of anilines is 1. The highest BCUT2D eigenvalue weighted by atomic mass is 32.1. The molecule has 24 heavy (non-hydrogen) atoms. The largest absolute Gasteiger partial charge is 0.507 e. The van der Waals surface area contributed by atoms with Crippen LogP contribution in [0.1, 0.15) is 34.9 Å². The van der Waals surface area contributed by atoms with E-state index in [1.165, 1.54) is 11.3 Å². The van der Waals surface area contributed by atoms with Gasteiger partial charge in [0.2, 0.25) is 5.13 Å². The van der Waals surface area contributed by atoms with Crippen LogP contribution in [-0.2, 0) is 12.8 Å². The molecule has 0 aliphatic heterocycles. The zero-order valence-corrected chi connectivity index (χ0v) is 14.1. The van der Waals surface area contributed by atoms with Gasteiger partial charge >= 0.3 is 0 Å². The van der Waals surface area contributed by atoms with E-state index in [2.05, 4.69) is 25.7 Å². The standard InChI is InChI=1S/C16H17N5O2S/c1-3-9-5-6-13(22)10(7-9)11-8-12(19-18-11)15(23)17-16-21-20-14(4-2)24-16/h5-8,22H,3-4H2,1-2H3,(H,18,19)(H,17,21,23). The van der Waals surface area contributed by atoms with Gasteiger partial charge in [0.15, 0.2) is 0 Å². The van der Waals surface area contributed by atoms with Crippen LogP contribution in [0.4, 0.5) is 5.13 Å². The number of rotatable bonds is 5. The van der Waals surface area contributed by atoms with Crippen molar-refractivity contribution in [3.8, 4) is 17.0 Å². The Morgan fingerprint density at radius 3 is 2.79 bits per heavy atom. The molecular weight excluding hydrogens is 326 g/mol. The number of nitrogens with one attached hydrogen (secondary N) is 2. The van der Waals surface area contributed by atoms with Crippen LogP contribution in [0.15, 0.2) is 24.3 Å². The molecule has 0 fully saturated rings. The number of carbonyl (C=O) groups excluding carboxylic acids is 1. The van der Waals surface area contributed by atoms with Gasteiger partial charge in [-0.15, -0.1) is 10.2 Å². The van der Waals surface area contributed by atoms with Crippen molar-refractivity contribution in [3.63, 3.8) is 0 Å². The van der Waals surface area contributed by atoms with E-state index in [1.54, 1.807) is 12.1 Å². The summed E-state index contributed by atoms with van der Waals surface area (Å²) in [6, 6.07) is 6.97. The van der Waals surface area contributed by atoms with E-state index in [9.17, 15) is 9.90 Å². The number of aromatic amines is 1. The summed E-state index contributed by atoms with van der Waals surface area (Å²) in [6.45, 7) is 4.01. The number of aryl methyl sites for hydroxylation is 2. The number of hydrogen-bond donors (Lipinski definition) is 3. The highest BCUT2D eigenvalue weighted by molar-refractivity contribution is 7.15. The first-order valence-corrected chi connectivity index (χ1v) is 8.43. The van der Waals surface area contributed by atoms with Gasteiger partial charge in [0, 0.05) is 5.56 Å². The molecule has 2 heterocycles. The predicted molar refractivity (Wildman–Crippen MR) is 92.3 cm³/mol. The highest BCUT2D eigenvalue weighted by Gasteiger charge is 2.15. The Kier molecular flexibility index (Phi) is 4.57. The van der Waals surface area contributed by atoms with Gasteiger partial charge in [0.1, 0.15) is 16.5 Å². The summed E-state index contributed by atoms with van der Waals surface area (Å²) < 4.78 is 0. The van der Waals surface area contributed by atoms with Crippen LogP contribution in [0.5, 0.6) is 5.75 Å². The molecule has 0 unspecified atom stereocenters. The molecule has 1 amide bonds. The van der Waals surface area contributed by atoms with E-state index >= 15 is 0 Å². The van der Waals surface area contributed by atoms with E-state index in [-0.39, 0.29) is 11.7 Å². The minimum Gasteiger partial charge on any atom is -0.507 e. The molecule has 3 aromatic rings. The number of phenolic OH excluding ortho intramolecular Hbond substituents is 1. The lowest BCUT2D eigenvalue weighted by Crippen LogP contribution is -2.12. The summed E-state index contributed by atoms with van der Waals surface area (Å²) in [5.74, 6) is -0.221. The molecule has 0 aliphatic carbocycles. The van der Waals surface area contributed by atoms with E-state index in [4.69, 9.17) is 0 Å². The molecule has 0 saturated carbocycles.